The number of hydrogen-bond donors (Lipinski definition) is 0. The minimum absolute atomic E-state index is 0.0230. The molecule has 0 aliphatic carbocycles. The SMILES string of the molecule is Cc1nn(C2CCS(=O)(=O)C2)c(Cl)c1/C=C/C(=O)OCC(=O)N(CCC#N)c1ccccc1. The summed E-state index contributed by atoms with van der Waals surface area (Å²) in [5, 5.41) is 13.4. The molecule has 0 radical (unpaired) electrons. The lowest BCUT2D eigenvalue weighted by atomic mass is 10.2. The second-order valence-corrected chi connectivity index (χ2v) is 10.1. The third kappa shape index (κ3) is 6.21. The van der Waals surface area contributed by atoms with E-state index in [4.69, 9.17) is 21.6 Å². The Bertz CT molecular complexity index is 1200. The number of nitriles is 1. The molecule has 1 aromatic carbocycles. The van der Waals surface area contributed by atoms with Crippen molar-refractivity contribution in [2.75, 3.05) is 29.6 Å². The number of hydrogen-bond acceptors (Lipinski definition) is 7. The number of benzene rings is 1. The van der Waals surface area contributed by atoms with Gasteiger partial charge in [-0.1, -0.05) is 29.8 Å². The number of para-hydroxylation sites is 1. The first-order valence-corrected chi connectivity index (χ1v) is 12.4. The summed E-state index contributed by atoms with van der Waals surface area (Å²) in [6.07, 6.45) is 3.14. The molecule has 1 unspecified atom stereocenters. The molecule has 1 aliphatic rings. The number of nitrogens with zero attached hydrogens (tertiary/aromatic N) is 4. The summed E-state index contributed by atoms with van der Waals surface area (Å²) in [5.41, 5.74) is 1.62. The van der Waals surface area contributed by atoms with Gasteiger partial charge in [0.1, 0.15) is 5.15 Å². The molecule has 1 aliphatic heterocycles. The van der Waals surface area contributed by atoms with Crippen molar-refractivity contribution in [3.8, 4) is 6.07 Å². The number of ether oxygens (including phenoxy) is 1. The highest BCUT2D eigenvalue weighted by Gasteiger charge is 2.31. The van der Waals surface area contributed by atoms with E-state index < -0.39 is 28.3 Å². The third-order valence-corrected chi connectivity index (χ3v) is 7.29. The van der Waals surface area contributed by atoms with Crippen LogP contribution in [0, 0.1) is 18.3 Å². The van der Waals surface area contributed by atoms with E-state index in [1.54, 1.807) is 31.2 Å². The molecule has 2 heterocycles. The Hall–Kier alpha value is -3.16. The van der Waals surface area contributed by atoms with E-state index >= 15 is 0 Å². The van der Waals surface area contributed by atoms with Crippen LogP contribution < -0.4 is 4.90 Å². The lowest BCUT2D eigenvalue weighted by molar-refractivity contribution is -0.142. The van der Waals surface area contributed by atoms with Crippen molar-refractivity contribution in [3.05, 3.63) is 52.8 Å². The van der Waals surface area contributed by atoms with Crippen LogP contribution in [0.1, 0.15) is 30.1 Å². The lowest BCUT2D eigenvalue weighted by Gasteiger charge is -2.21. The van der Waals surface area contributed by atoms with Gasteiger partial charge in [-0.15, -0.1) is 0 Å². The third-order valence-electron chi connectivity index (χ3n) is 5.17. The molecule has 0 spiro atoms. The van der Waals surface area contributed by atoms with Gasteiger partial charge in [0, 0.05) is 23.9 Å². The van der Waals surface area contributed by atoms with E-state index in [9.17, 15) is 18.0 Å². The standard InChI is InChI=1S/C22H23ClN4O5S/c1-16-19(22(23)27(25-16)18-10-13-33(30,31)15-18)8-9-21(29)32-14-20(28)26(12-5-11-24)17-6-3-2-4-7-17/h2-4,6-9,18H,5,10,12-15H2,1H3/b9-8+. The Kier molecular flexibility index (Phi) is 7.89. The highest BCUT2D eigenvalue weighted by molar-refractivity contribution is 7.91. The fourth-order valence-corrected chi connectivity index (χ4v) is 5.58. The van der Waals surface area contributed by atoms with Gasteiger partial charge in [-0.2, -0.15) is 10.4 Å². The molecule has 9 nitrogen and oxygen atoms in total. The van der Waals surface area contributed by atoms with Crippen molar-refractivity contribution >= 4 is 45.1 Å². The monoisotopic (exact) mass is 490 g/mol. The van der Waals surface area contributed by atoms with Crippen LogP contribution in [-0.2, 0) is 24.2 Å². The molecule has 0 bridgehead atoms. The highest BCUT2D eigenvalue weighted by Crippen LogP contribution is 2.30. The second-order valence-electron chi connectivity index (χ2n) is 7.52. The van der Waals surface area contributed by atoms with Crippen LogP contribution in [0.15, 0.2) is 36.4 Å². The maximum atomic E-state index is 12.6. The topological polar surface area (TPSA) is 122 Å². The number of esters is 1. The van der Waals surface area contributed by atoms with Gasteiger partial charge in [-0.3, -0.25) is 4.79 Å². The van der Waals surface area contributed by atoms with E-state index in [-0.39, 0.29) is 35.7 Å². The van der Waals surface area contributed by atoms with Crippen molar-refractivity contribution in [1.82, 2.24) is 9.78 Å². The number of carbonyl (C=O) groups is 2. The van der Waals surface area contributed by atoms with Crippen molar-refractivity contribution in [2.45, 2.75) is 25.8 Å². The summed E-state index contributed by atoms with van der Waals surface area (Å²) in [6.45, 7) is 1.39. The summed E-state index contributed by atoms with van der Waals surface area (Å²) in [5.74, 6) is -1.14. The largest absolute Gasteiger partial charge is 0.452 e. The molecule has 1 saturated heterocycles. The maximum Gasteiger partial charge on any atom is 0.331 e. The molecule has 0 saturated carbocycles. The molecule has 2 aromatic rings. The zero-order valence-corrected chi connectivity index (χ0v) is 19.6. The quantitative estimate of drug-likeness (QED) is 0.411. The Balaban J connectivity index is 1.63. The smallest absolute Gasteiger partial charge is 0.331 e. The van der Waals surface area contributed by atoms with E-state index in [0.717, 1.165) is 6.08 Å². The van der Waals surface area contributed by atoms with Crippen molar-refractivity contribution in [1.29, 1.82) is 5.26 Å². The normalized spacial score (nSPS) is 17.1. The number of rotatable bonds is 8. The molecule has 1 amide bonds. The Morgan fingerprint density at radius 2 is 2.09 bits per heavy atom. The number of amides is 1. The van der Waals surface area contributed by atoms with E-state index in [1.807, 2.05) is 12.1 Å². The molecule has 1 aromatic heterocycles. The summed E-state index contributed by atoms with van der Waals surface area (Å²) in [7, 11) is -3.10. The summed E-state index contributed by atoms with van der Waals surface area (Å²) in [6, 6.07) is 10.5. The first kappa shape index (κ1) is 24.5. The summed E-state index contributed by atoms with van der Waals surface area (Å²) >= 11 is 6.39. The van der Waals surface area contributed by atoms with Crippen molar-refractivity contribution in [2.24, 2.45) is 0 Å². The second kappa shape index (κ2) is 10.6. The van der Waals surface area contributed by atoms with Crippen LogP contribution in [0.25, 0.3) is 6.08 Å². The van der Waals surface area contributed by atoms with E-state index in [0.29, 0.717) is 23.4 Å². The first-order chi connectivity index (χ1) is 15.7. The van der Waals surface area contributed by atoms with Gasteiger partial charge in [0.25, 0.3) is 5.91 Å². The van der Waals surface area contributed by atoms with Gasteiger partial charge in [-0.25, -0.2) is 17.9 Å². The van der Waals surface area contributed by atoms with E-state index in [1.165, 1.54) is 15.7 Å². The minimum Gasteiger partial charge on any atom is -0.452 e. The molecular formula is C22H23ClN4O5S. The van der Waals surface area contributed by atoms with Crippen molar-refractivity contribution < 1.29 is 22.7 Å². The van der Waals surface area contributed by atoms with Crippen LogP contribution in [0.2, 0.25) is 5.15 Å². The zero-order valence-electron chi connectivity index (χ0n) is 18.0. The maximum absolute atomic E-state index is 12.6. The van der Waals surface area contributed by atoms with Gasteiger partial charge in [0.2, 0.25) is 0 Å². The summed E-state index contributed by atoms with van der Waals surface area (Å²) in [4.78, 5) is 26.1. The molecular weight excluding hydrogens is 468 g/mol. The fraction of sp³-hybridized carbons (Fsp3) is 0.364. The Morgan fingerprint density at radius 3 is 2.73 bits per heavy atom. The predicted molar refractivity (Wildman–Crippen MR) is 123 cm³/mol. The van der Waals surface area contributed by atoms with E-state index in [2.05, 4.69) is 5.10 Å². The average molecular weight is 491 g/mol. The molecule has 174 valence electrons. The number of carbonyl (C=O) groups excluding carboxylic acids is 2. The predicted octanol–water partition coefficient (Wildman–Crippen LogP) is 2.71. The number of sulfone groups is 1. The summed E-state index contributed by atoms with van der Waals surface area (Å²) < 4.78 is 30.0. The number of anilines is 1. The van der Waals surface area contributed by atoms with Crippen LogP contribution in [0.3, 0.4) is 0 Å². The molecule has 1 atom stereocenters. The number of aromatic nitrogens is 2. The molecule has 0 N–H and O–H groups in total. The van der Waals surface area contributed by atoms with Crippen molar-refractivity contribution in [3.63, 3.8) is 0 Å². The van der Waals surface area contributed by atoms with Gasteiger partial charge < -0.3 is 9.64 Å². The molecule has 3 rings (SSSR count). The Morgan fingerprint density at radius 1 is 1.36 bits per heavy atom. The molecule has 33 heavy (non-hydrogen) atoms. The number of aryl methyl sites for hydroxylation is 1. The first-order valence-electron chi connectivity index (χ1n) is 10.2. The van der Waals surface area contributed by atoms with Gasteiger partial charge in [-0.05, 0) is 31.6 Å². The minimum atomic E-state index is -3.10. The molecule has 1 fully saturated rings. The van der Waals surface area contributed by atoms with Gasteiger partial charge in [0.15, 0.2) is 16.4 Å². The average Bonchev–Trinajstić information content (AvgIpc) is 3.29. The Labute approximate surface area is 197 Å². The lowest BCUT2D eigenvalue weighted by Crippen LogP contribution is -2.35. The van der Waals surface area contributed by atoms with Crippen LogP contribution in [0.5, 0.6) is 0 Å². The van der Waals surface area contributed by atoms with Crippen LogP contribution in [-0.4, -0.2) is 54.7 Å². The van der Waals surface area contributed by atoms with Crippen LogP contribution >= 0.6 is 11.6 Å². The molecule has 11 heteroatoms. The van der Waals surface area contributed by atoms with Gasteiger partial charge in [0.05, 0.1) is 35.7 Å². The zero-order chi connectivity index (χ0) is 24.0. The fourth-order valence-electron chi connectivity index (χ4n) is 3.51. The van der Waals surface area contributed by atoms with Gasteiger partial charge >= 0.3 is 5.97 Å². The highest BCUT2D eigenvalue weighted by atomic mass is 35.5. The number of halogens is 1. The van der Waals surface area contributed by atoms with Crippen LogP contribution in [0.4, 0.5) is 5.69 Å².